The van der Waals surface area contributed by atoms with E-state index in [1.807, 2.05) is 6.07 Å². The van der Waals surface area contributed by atoms with Gasteiger partial charge in [-0.15, -0.1) is 0 Å². The first kappa shape index (κ1) is 15.5. The Labute approximate surface area is 124 Å². The third-order valence-electron chi connectivity index (χ3n) is 3.42. The highest BCUT2D eigenvalue weighted by molar-refractivity contribution is 7.89. The molecule has 1 N–H and O–H groups in total. The Morgan fingerprint density at radius 2 is 1.95 bits per heavy atom. The van der Waals surface area contributed by atoms with Crippen LogP contribution in [-0.4, -0.2) is 38.4 Å². The maximum Gasteiger partial charge on any atom is 0.242 e. The summed E-state index contributed by atoms with van der Waals surface area (Å²) >= 11 is 0. The largest absolute Gasteiger partial charge is 0.341 e. The van der Waals surface area contributed by atoms with E-state index in [2.05, 4.69) is 4.72 Å². The Morgan fingerprint density at radius 3 is 2.57 bits per heavy atom. The van der Waals surface area contributed by atoms with Crippen molar-refractivity contribution in [2.45, 2.75) is 30.7 Å². The van der Waals surface area contributed by atoms with Crippen LogP contribution in [0.1, 0.15) is 25.3 Å². The van der Waals surface area contributed by atoms with Crippen molar-refractivity contribution in [2.75, 3.05) is 13.1 Å². The Kier molecular flexibility index (Phi) is 4.60. The summed E-state index contributed by atoms with van der Waals surface area (Å²) in [5, 5.41) is 8.98. The van der Waals surface area contributed by atoms with Crippen LogP contribution in [-0.2, 0) is 14.8 Å². The molecule has 21 heavy (non-hydrogen) atoms. The second-order valence-corrected chi connectivity index (χ2v) is 6.67. The number of benzene rings is 1. The Bertz CT molecular complexity index is 673. The van der Waals surface area contributed by atoms with Crippen molar-refractivity contribution in [3.8, 4) is 6.07 Å². The van der Waals surface area contributed by atoms with Crippen LogP contribution in [0.5, 0.6) is 0 Å². The Hall–Kier alpha value is -1.91. The number of nitriles is 1. The molecule has 1 atom stereocenters. The maximum absolute atomic E-state index is 12.3. The molecule has 1 aliphatic rings. The highest BCUT2D eigenvalue weighted by atomic mass is 32.2. The lowest BCUT2D eigenvalue weighted by Crippen LogP contribution is -2.45. The van der Waals surface area contributed by atoms with Gasteiger partial charge in [0.15, 0.2) is 0 Å². The second-order valence-electron chi connectivity index (χ2n) is 4.98. The van der Waals surface area contributed by atoms with Crippen molar-refractivity contribution < 1.29 is 13.2 Å². The molecule has 1 heterocycles. The summed E-state index contributed by atoms with van der Waals surface area (Å²) in [6, 6.07) is 6.92. The number of sulfonamides is 1. The van der Waals surface area contributed by atoms with Gasteiger partial charge in [0, 0.05) is 13.1 Å². The van der Waals surface area contributed by atoms with E-state index in [1.165, 1.54) is 19.1 Å². The van der Waals surface area contributed by atoms with Gasteiger partial charge in [0.1, 0.15) is 6.07 Å². The topological polar surface area (TPSA) is 90.3 Å². The summed E-state index contributed by atoms with van der Waals surface area (Å²) in [5.41, 5.74) is 0.0609. The molecule has 1 aromatic rings. The van der Waals surface area contributed by atoms with E-state index in [4.69, 9.17) is 5.26 Å². The second kappa shape index (κ2) is 6.24. The van der Waals surface area contributed by atoms with Crippen LogP contribution in [0.25, 0.3) is 0 Å². The first-order valence-corrected chi connectivity index (χ1v) is 8.24. The van der Waals surface area contributed by atoms with Crippen LogP contribution in [0, 0.1) is 11.3 Å². The van der Waals surface area contributed by atoms with Crippen molar-refractivity contribution in [1.82, 2.24) is 9.62 Å². The fourth-order valence-electron chi connectivity index (χ4n) is 2.35. The zero-order chi connectivity index (χ0) is 15.5. The number of nitrogens with zero attached hydrogens (tertiary/aromatic N) is 2. The van der Waals surface area contributed by atoms with Gasteiger partial charge < -0.3 is 4.90 Å². The van der Waals surface area contributed by atoms with Crippen LogP contribution >= 0.6 is 0 Å². The van der Waals surface area contributed by atoms with E-state index in [0.29, 0.717) is 13.1 Å². The molecule has 6 nitrogen and oxygen atoms in total. The summed E-state index contributed by atoms with van der Waals surface area (Å²) in [4.78, 5) is 13.7. The van der Waals surface area contributed by atoms with E-state index >= 15 is 0 Å². The highest BCUT2D eigenvalue weighted by Gasteiger charge is 2.28. The number of carbonyl (C=O) groups excluding carboxylic acids is 1. The third-order valence-corrected chi connectivity index (χ3v) is 5.02. The van der Waals surface area contributed by atoms with Crippen LogP contribution in [0.15, 0.2) is 29.2 Å². The minimum Gasteiger partial charge on any atom is -0.341 e. The van der Waals surface area contributed by atoms with Crippen LogP contribution < -0.4 is 4.72 Å². The van der Waals surface area contributed by atoms with Crippen LogP contribution in [0.3, 0.4) is 0 Å². The molecule has 7 heteroatoms. The quantitative estimate of drug-likeness (QED) is 0.892. The van der Waals surface area contributed by atoms with Gasteiger partial charge in [0.05, 0.1) is 16.5 Å². The first-order chi connectivity index (χ1) is 9.95. The summed E-state index contributed by atoms with van der Waals surface area (Å²) in [6.45, 7) is 2.85. The molecular weight excluding hydrogens is 290 g/mol. The van der Waals surface area contributed by atoms with Gasteiger partial charge >= 0.3 is 0 Å². The fourth-order valence-corrected chi connectivity index (χ4v) is 3.71. The Morgan fingerprint density at radius 1 is 1.33 bits per heavy atom. The standard InChI is InChI=1S/C14H17N3O3S/c1-11(14(18)17-8-4-5-9-17)16-21(19,20)13-7-3-2-6-12(13)10-15/h2-3,6-7,11,16H,4-5,8-9H2,1H3. The van der Waals surface area contributed by atoms with E-state index in [9.17, 15) is 13.2 Å². The van der Waals surface area contributed by atoms with Crippen molar-refractivity contribution in [3.63, 3.8) is 0 Å². The van der Waals surface area contributed by atoms with Gasteiger partial charge in [-0.1, -0.05) is 12.1 Å². The minimum atomic E-state index is -3.90. The predicted octanol–water partition coefficient (Wildman–Crippen LogP) is 0.847. The molecule has 0 radical (unpaired) electrons. The molecule has 1 fully saturated rings. The first-order valence-electron chi connectivity index (χ1n) is 6.76. The lowest BCUT2D eigenvalue weighted by molar-refractivity contribution is -0.131. The molecule has 1 aliphatic heterocycles. The summed E-state index contributed by atoms with van der Waals surface area (Å²) in [5.74, 6) is -0.231. The average Bonchev–Trinajstić information content (AvgIpc) is 3.00. The molecule has 0 saturated carbocycles. The van der Waals surface area contributed by atoms with Gasteiger partial charge in [-0.25, -0.2) is 8.42 Å². The van der Waals surface area contributed by atoms with Gasteiger partial charge in [-0.3, -0.25) is 4.79 Å². The number of amides is 1. The van der Waals surface area contributed by atoms with Gasteiger partial charge in [-0.2, -0.15) is 9.98 Å². The van der Waals surface area contributed by atoms with Crippen molar-refractivity contribution in [3.05, 3.63) is 29.8 Å². The molecule has 0 aromatic heterocycles. The number of hydrogen-bond acceptors (Lipinski definition) is 4. The van der Waals surface area contributed by atoms with Crippen molar-refractivity contribution in [2.24, 2.45) is 0 Å². The minimum absolute atomic E-state index is 0.0609. The van der Waals surface area contributed by atoms with Crippen LogP contribution in [0.2, 0.25) is 0 Å². The van der Waals surface area contributed by atoms with E-state index in [1.54, 1.807) is 17.0 Å². The maximum atomic E-state index is 12.3. The number of rotatable bonds is 4. The monoisotopic (exact) mass is 307 g/mol. The summed E-state index contributed by atoms with van der Waals surface area (Å²) < 4.78 is 27.0. The number of carbonyl (C=O) groups is 1. The SMILES string of the molecule is CC(NS(=O)(=O)c1ccccc1C#N)C(=O)N1CCCC1. The van der Waals surface area contributed by atoms with E-state index < -0.39 is 16.1 Å². The summed E-state index contributed by atoms with van der Waals surface area (Å²) in [6.07, 6.45) is 1.89. The van der Waals surface area contributed by atoms with Gasteiger partial charge in [0.2, 0.25) is 15.9 Å². The Balaban J connectivity index is 2.17. The molecule has 112 valence electrons. The molecule has 1 unspecified atom stereocenters. The zero-order valence-electron chi connectivity index (χ0n) is 11.7. The molecule has 0 bridgehead atoms. The number of hydrogen-bond donors (Lipinski definition) is 1. The smallest absolute Gasteiger partial charge is 0.242 e. The zero-order valence-corrected chi connectivity index (χ0v) is 12.6. The molecule has 0 aliphatic carbocycles. The molecule has 0 spiro atoms. The van der Waals surface area contributed by atoms with Gasteiger partial charge in [0.25, 0.3) is 0 Å². The molecule has 1 aromatic carbocycles. The molecule has 2 rings (SSSR count). The normalized spacial score (nSPS) is 16.5. The fraction of sp³-hybridized carbons (Fsp3) is 0.429. The van der Waals surface area contributed by atoms with E-state index in [0.717, 1.165) is 12.8 Å². The average molecular weight is 307 g/mol. The highest BCUT2D eigenvalue weighted by Crippen LogP contribution is 2.15. The number of likely N-dealkylation sites (tertiary alicyclic amines) is 1. The molecular formula is C14H17N3O3S. The lowest BCUT2D eigenvalue weighted by atomic mass is 10.2. The third kappa shape index (κ3) is 3.40. The van der Waals surface area contributed by atoms with Crippen LogP contribution in [0.4, 0.5) is 0 Å². The van der Waals surface area contributed by atoms with E-state index in [-0.39, 0.29) is 16.4 Å². The molecule has 1 saturated heterocycles. The van der Waals surface area contributed by atoms with Crippen molar-refractivity contribution >= 4 is 15.9 Å². The van der Waals surface area contributed by atoms with Gasteiger partial charge in [-0.05, 0) is 31.9 Å². The molecule has 1 amide bonds. The van der Waals surface area contributed by atoms with Crippen molar-refractivity contribution in [1.29, 1.82) is 5.26 Å². The lowest BCUT2D eigenvalue weighted by Gasteiger charge is -2.21. The summed E-state index contributed by atoms with van der Waals surface area (Å²) in [7, 11) is -3.90. The number of nitrogens with one attached hydrogen (secondary N) is 1. The predicted molar refractivity (Wildman–Crippen MR) is 76.8 cm³/mol.